The summed E-state index contributed by atoms with van der Waals surface area (Å²) < 4.78 is 126. The lowest BCUT2D eigenvalue weighted by Gasteiger charge is -2.32. The summed E-state index contributed by atoms with van der Waals surface area (Å²) in [6.07, 6.45) is -7.44. The van der Waals surface area contributed by atoms with Crippen LogP contribution in [0.3, 0.4) is 0 Å². The summed E-state index contributed by atoms with van der Waals surface area (Å²) >= 11 is 0. The first kappa shape index (κ1) is 26.6. The molecule has 0 N–H and O–H groups in total. The molecule has 0 aliphatic heterocycles. The summed E-state index contributed by atoms with van der Waals surface area (Å²) in [6.45, 7) is 5.57. The van der Waals surface area contributed by atoms with Crippen LogP contribution in [0.5, 0.6) is 5.75 Å². The van der Waals surface area contributed by atoms with Crippen LogP contribution in [0.1, 0.15) is 37.5 Å². The van der Waals surface area contributed by atoms with Crippen LogP contribution in [0.25, 0.3) is 5.57 Å². The van der Waals surface area contributed by atoms with Crippen LogP contribution in [0.2, 0.25) is 0 Å². The minimum Gasteiger partial charge on any atom is -0.497 e. The fourth-order valence-electron chi connectivity index (χ4n) is 2.91. The van der Waals surface area contributed by atoms with Gasteiger partial charge in [-0.3, -0.25) is 0 Å². The second-order valence-electron chi connectivity index (χ2n) is 8.38. The Labute approximate surface area is 184 Å². The SMILES string of the molecule is COc1ccc(/C(=C\C(F)(F)C(F)(F)C(F)(F)C(F)(F)F)c2ccc(C(C)(C)C)cc2)cc1. The molecular formula is C23H21F9O. The van der Waals surface area contributed by atoms with Crippen molar-refractivity contribution < 1.29 is 44.3 Å². The standard InChI is InChI=1S/C23H21F9O/c1-19(2,3)16-9-5-14(6-10-16)18(15-7-11-17(33-4)12-8-15)13-20(24,25)21(26,27)22(28,29)23(30,31)32/h5-13H,1-4H3/b18-13-. The summed E-state index contributed by atoms with van der Waals surface area (Å²) in [7, 11) is 1.31. The quantitative estimate of drug-likeness (QED) is 0.379. The van der Waals surface area contributed by atoms with Crippen molar-refractivity contribution in [3.05, 3.63) is 71.3 Å². The molecule has 1 nitrogen and oxygen atoms in total. The van der Waals surface area contributed by atoms with Gasteiger partial charge in [0.2, 0.25) is 0 Å². The van der Waals surface area contributed by atoms with Crippen LogP contribution in [-0.4, -0.2) is 31.1 Å². The van der Waals surface area contributed by atoms with Crippen LogP contribution >= 0.6 is 0 Å². The van der Waals surface area contributed by atoms with Gasteiger partial charge in [-0.25, -0.2) is 0 Å². The van der Waals surface area contributed by atoms with Gasteiger partial charge in [0.05, 0.1) is 7.11 Å². The third-order valence-electron chi connectivity index (χ3n) is 4.96. The van der Waals surface area contributed by atoms with Gasteiger partial charge in [-0.15, -0.1) is 0 Å². The number of hydrogen-bond donors (Lipinski definition) is 0. The second kappa shape index (κ2) is 8.61. The maximum atomic E-state index is 14.4. The Morgan fingerprint density at radius 3 is 1.45 bits per heavy atom. The predicted octanol–water partition coefficient (Wildman–Crippen LogP) is 7.89. The van der Waals surface area contributed by atoms with E-state index in [1.807, 2.05) is 20.8 Å². The van der Waals surface area contributed by atoms with E-state index in [1.165, 1.54) is 55.6 Å². The van der Waals surface area contributed by atoms with Crippen molar-refractivity contribution in [1.29, 1.82) is 0 Å². The van der Waals surface area contributed by atoms with Crippen LogP contribution < -0.4 is 4.74 Å². The number of benzene rings is 2. The Morgan fingerprint density at radius 1 is 0.667 bits per heavy atom. The minimum absolute atomic E-state index is 0.0843. The third kappa shape index (κ3) is 5.14. The normalized spacial score (nSPS) is 14.4. The molecule has 0 saturated carbocycles. The van der Waals surface area contributed by atoms with Crippen molar-refractivity contribution in [2.24, 2.45) is 0 Å². The Morgan fingerprint density at radius 2 is 1.09 bits per heavy atom. The number of rotatable bonds is 6. The zero-order valence-corrected chi connectivity index (χ0v) is 18.0. The molecule has 0 saturated heterocycles. The largest absolute Gasteiger partial charge is 0.497 e. The van der Waals surface area contributed by atoms with Crippen LogP contribution in [-0.2, 0) is 5.41 Å². The van der Waals surface area contributed by atoms with E-state index in [0.717, 1.165) is 5.56 Å². The van der Waals surface area contributed by atoms with Gasteiger partial charge in [0.1, 0.15) is 5.75 Å². The fourth-order valence-corrected chi connectivity index (χ4v) is 2.91. The summed E-state index contributed by atoms with van der Waals surface area (Å²) in [5, 5.41) is 0. The Bertz CT molecular complexity index is 981. The van der Waals surface area contributed by atoms with E-state index in [2.05, 4.69) is 0 Å². The van der Waals surface area contributed by atoms with Gasteiger partial charge in [0.15, 0.2) is 0 Å². The van der Waals surface area contributed by atoms with Gasteiger partial charge in [-0.05, 0) is 45.9 Å². The molecular weight excluding hydrogens is 463 g/mol. The fraction of sp³-hybridized carbons (Fsp3) is 0.391. The summed E-state index contributed by atoms with van der Waals surface area (Å²) in [6, 6.07) is 10.6. The number of methoxy groups -OCH3 is 1. The maximum absolute atomic E-state index is 14.4. The van der Waals surface area contributed by atoms with Crippen molar-refractivity contribution in [2.45, 2.75) is 50.1 Å². The molecule has 10 heteroatoms. The van der Waals surface area contributed by atoms with Gasteiger partial charge >= 0.3 is 23.9 Å². The lowest BCUT2D eigenvalue weighted by atomic mass is 9.85. The van der Waals surface area contributed by atoms with E-state index < -0.39 is 35.6 Å². The molecule has 0 fully saturated rings. The second-order valence-corrected chi connectivity index (χ2v) is 8.38. The number of hydrogen-bond acceptors (Lipinski definition) is 1. The highest BCUT2D eigenvalue weighted by Gasteiger charge is 2.81. The number of alkyl halides is 9. The van der Waals surface area contributed by atoms with E-state index in [0.29, 0.717) is 0 Å². The van der Waals surface area contributed by atoms with Crippen molar-refractivity contribution in [1.82, 2.24) is 0 Å². The first-order valence-electron chi connectivity index (χ1n) is 9.53. The average molecular weight is 484 g/mol. The summed E-state index contributed by atoms with van der Waals surface area (Å²) in [5.74, 6) is -19.3. The highest BCUT2D eigenvalue weighted by Crippen LogP contribution is 2.54. The third-order valence-corrected chi connectivity index (χ3v) is 4.96. The summed E-state index contributed by atoms with van der Waals surface area (Å²) in [5.41, 5.74) is -0.459. The van der Waals surface area contributed by atoms with Crippen LogP contribution in [0, 0.1) is 0 Å². The van der Waals surface area contributed by atoms with E-state index in [4.69, 9.17) is 4.74 Å². The Kier molecular flexibility index (Phi) is 6.94. The molecule has 33 heavy (non-hydrogen) atoms. The average Bonchev–Trinajstić information content (AvgIpc) is 2.70. The first-order valence-corrected chi connectivity index (χ1v) is 9.53. The van der Waals surface area contributed by atoms with E-state index in [9.17, 15) is 39.5 Å². The molecule has 2 aromatic carbocycles. The van der Waals surface area contributed by atoms with Crippen LogP contribution in [0.4, 0.5) is 39.5 Å². The highest BCUT2D eigenvalue weighted by molar-refractivity contribution is 5.81. The molecule has 2 aromatic rings. The minimum atomic E-state index is -6.97. The molecule has 0 unspecified atom stereocenters. The molecule has 0 amide bonds. The topological polar surface area (TPSA) is 9.23 Å². The van der Waals surface area contributed by atoms with Crippen molar-refractivity contribution in [3.8, 4) is 5.75 Å². The van der Waals surface area contributed by atoms with E-state index >= 15 is 0 Å². The Balaban J connectivity index is 2.70. The van der Waals surface area contributed by atoms with E-state index in [1.54, 1.807) is 0 Å². The number of halogens is 9. The zero-order chi connectivity index (χ0) is 25.5. The first-order chi connectivity index (χ1) is 14.8. The highest BCUT2D eigenvalue weighted by atomic mass is 19.4. The lowest BCUT2D eigenvalue weighted by molar-refractivity contribution is -0.388. The van der Waals surface area contributed by atoms with E-state index in [-0.39, 0.29) is 22.3 Å². The van der Waals surface area contributed by atoms with Gasteiger partial charge in [0.25, 0.3) is 0 Å². The molecule has 0 atom stereocenters. The van der Waals surface area contributed by atoms with Crippen molar-refractivity contribution in [2.75, 3.05) is 7.11 Å². The zero-order valence-electron chi connectivity index (χ0n) is 18.0. The number of allylic oxidation sites excluding steroid dienone is 1. The van der Waals surface area contributed by atoms with Crippen molar-refractivity contribution in [3.63, 3.8) is 0 Å². The van der Waals surface area contributed by atoms with Gasteiger partial charge < -0.3 is 4.74 Å². The number of ether oxygens (including phenoxy) is 1. The summed E-state index contributed by atoms with van der Waals surface area (Å²) in [4.78, 5) is 0. The van der Waals surface area contributed by atoms with Gasteiger partial charge in [-0.1, -0.05) is 57.2 Å². The molecule has 0 bridgehead atoms. The molecule has 0 spiro atoms. The molecule has 0 radical (unpaired) electrons. The maximum Gasteiger partial charge on any atom is 0.460 e. The molecule has 182 valence electrons. The van der Waals surface area contributed by atoms with Crippen LogP contribution in [0.15, 0.2) is 54.6 Å². The molecule has 0 aromatic heterocycles. The molecule has 0 aliphatic rings. The Hall–Kier alpha value is -2.65. The predicted molar refractivity (Wildman–Crippen MR) is 106 cm³/mol. The smallest absolute Gasteiger partial charge is 0.460 e. The van der Waals surface area contributed by atoms with Gasteiger partial charge in [0, 0.05) is 0 Å². The molecule has 0 aliphatic carbocycles. The molecule has 0 heterocycles. The monoisotopic (exact) mass is 484 g/mol. The van der Waals surface area contributed by atoms with Gasteiger partial charge in [-0.2, -0.15) is 39.5 Å². The van der Waals surface area contributed by atoms with Crippen molar-refractivity contribution >= 4 is 5.57 Å². The molecule has 2 rings (SSSR count). The lowest BCUT2D eigenvalue weighted by Crippen LogP contribution is -2.60.